The fourth-order valence-electron chi connectivity index (χ4n) is 2.66. The number of likely N-dealkylation sites (N-methyl/N-ethyl adjacent to an activating group) is 1. The number of hydrogen-bond donors (Lipinski definition) is 0. The number of esters is 1. The summed E-state index contributed by atoms with van der Waals surface area (Å²) in [5, 5.41) is 1.23. The molecular formula is C20H17ClFNO4. The first-order valence-electron chi connectivity index (χ1n) is 8.20. The minimum absolute atomic E-state index is 0.0248. The maximum absolute atomic E-state index is 13.7. The topological polar surface area (TPSA) is 59.8 Å². The zero-order valence-electron chi connectivity index (χ0n) is 14.8. The summed E-state index contributed by atoms with van der Waals surface area (Å²) < 4.78 is 24.3. The number of carbonyl (C=O) groups is 2. The number of amides is 1. The normalized spacial score (nSPS) is 10.8. The van der Waals surface area contributed by atoms with Gasteiger partial charge in [0.2, 0.25) is 5.76 Å². The molecule has 2 aromatic carbocycles. The highest BCUT2D eigenvalue weighted by Gasteiger charge is 2.21. The minimum Gasteiger partial charge on any atom is -0.450 e. The first-order valence-corrected chi connectivity index (χ1v) is 8.57. The van der Waals surface area contributed by atoms with Gasteiger partial charge < -0.3 is 14.1 Å². The Bertz CT molecular complexity index is 1010. The average molecular weight is 390 g/mol. The van der Waals surface area contributed by atoms with E-state index >= 15 is 0 Å². The molecule has 0 aliphatic carbocycles. The van der Waals surface area contributed by atoms with Crippen molar-refractivity contribution in [2.45, 2.75) is 13.5 Å². The number of nitrogens with zero attached hydrogens (tertiary/aromatic N) is 1. The maximum atomic E-state index is 13.7. The van der Waals surface area contributed by atoms with Crippen LogP contribution in [0.3, 0.4) is 0 Å². The summed E-state index contributed by atoms with van der Waals surface area (Å²) in [4.78, 5) is 25.7. The molecule has 0 aliphatic heterocycles. The van der Waals surface area contributed by atoms with Crippen LogP contribution < -0.4 is 0 Å². The van der Waals surface area contributed by atoms with Gasteiger partial charge in [0, 0.05) is 35.1 Å². The fraction of sp³-hybridized carbons (Fsp3) is 0.200. The van der Waals surface area contributed by atoms with Gasteiger partial charge in [-0.2, -0.15) is 0 Å². The van der Waals surface area contributed by atoms with E-state index in [1.807, 2.05) is 0 Å². The van der Waals surface area contributed by atoms with Crippen molar-refractivity contribution < 1.29 is 23.1 Å². The highest BCUT2D eigenvalue weighted by Crippen LogP contribution is 2.28. The highest BCUT2D eigenvalue weighted by molar-refractivity contribution is 6.31. The van der Waals surface area contributed by atoms with Gasteiger partial charge in [0.1, 0.15) is 11.4 Å². The van der Waals surface area contributed by atoms with E-state index in [1.165, 1.54) is 18.0 Å². The molecule has 27 heavy (non-hydrogen) atoms. The maximum Gasteiger partial charge on any atom is 0.375 e. The molecule has 1 amide bonds. The van der Waals surface area contributed by atoms with Gasteiger partial charge in [-0.15, -0.1) is 0 Å². The first kappa shape index (κ1) is 18.9. The number of halogens is 2. The number of carbonyl (C=O) groups excluding carboxylic acids is 2. The van der Waals surface area contributed by atoms with E-state index in [4.69, 9.17) is 20.8 Å². The summed E-state index contributed by atoms with van der Waals surface area (Å²) in [7, 11) is 1.51. The lowest BCUT2D eigenvalue weighted by molar-refractivity contribution is -0.133. The van der Waals surface area contributed by atoms with E-state index in [2.05, 4.69) is 0 Å². The summed E-state index contributed by atoms with van der Waals surface area (Å²) in [6.07, 6.45) is 0. The lowest BCUT2D eigenvalue weighted by Gasteiger charge is -2.17. The van der Waals surface area contributed by atoms with Crippen molar-refractivity contribution in [3.63, 3.8) is 0 Å². The average Bonchev–Trinajstić information content (AvgIpc) is 2.97. The quantitative estimate of drug-likeness (QED) is 0.609. The summed E-state index contributed by atoms with van der Waals surface area (Å²) >= 11 is 5.96. The standard InChI is InChI=1S/C20H17ClFNO4/c1-12-15-9-14(21)7-8-17(15)27-19(12)20(25)26-11-18(24)23(2)10-13-5-3-4-6-16(13)22/h3-9H,10-11H2,1-2H3. The molecule has 7 heteroatoms. The summed E-state index contributed by atoms with van der Waals surface area (Å²) in [5.74, 6) is -1.57. The van der Waals surface area contributed by atoms with Crippen LogP contribution in [0.5, 0.6) is 0 Å². The van der Waals surface area contributed by atoms with Crippen LogP contribution in [0.1, 0.15) is 21.7 Å². The molecule has 1 aromatic heterocycles. The predicted octanol–water partition coefficient (Wildman–Crippen LogP) is 4.35. The van der Waals surface area contributed by atoms with Crippen LogP contribution in [0.25, 0.3) is 11.0 Å². The Kier molecular flexibility index (Phi) is 5.46. The van der Waals surface area contributed by atoms with Crippen LogP contribution in [0, 0.1) is 12.7 Å². The van der Waals surface area contributed by atoms with E-state index < -0.39 is 24.3 Å². The molecule has 5 nitrogen and oxygen atoms in total. The second kappa shape index (κ2) is 7.80. The number of furan rings is 1. The zero-order valence-corrected chi connectivity index (χ0v) is 15.5. The third-order valence-corrected chi connectivity index (χ3v) is 4.44. The van der Waals surface area contributed by atoms with Gasteiger partial charge in [-0.25, -0.2) is 9.18 Å². The Morgan fingerprint density at radius 1 is 1.22 bits per heavy atom. The molecule has 0 unspecified atom stereocenters. The van der Waals surface area contributed by atoms with E-state index in [9.17, 15) is 14.0 Å². The van der Waals surface area contributed by atoms with E-state index in [0.29, 0.717) is 27.1 Å². The third kappa shape index (κ3) is 4.11. The van der Waals surface area contributed by atoms with Gasteiger partial charge >= 0.3 is 5.97 Å². The van der Waals surface area contributed by atoms with Gasteiger partial charge in [0.05, 0.1) is 0 Å². The van der Waals surface area contributed by atoms with Crippen LogP contribution in [0.15, 0.2) is 46.9 Å². The number of ether oxygens (including phenoxy) is 1. The number of benzene rings is 2. The van der Waals surface area contributed by atoms with E-state index in [0.717, 1.165) is 0 Å². The first-order chi connectivity index (χ1) is 12.9. The summed E-state index contributed by atoms with van der Waals surface area (Å²) in [5.41, 5.74) is 1.47. The molecule has 0 N–H and O–H groups in total. The molecule has 0 bridgehead atoms. The molecular weight excluding hydrogens is 373 g/mol. The molecule has 140 valence electrons. The van der Waals surface area contributed by atoms with E-state index in [1.54, 1.807) is 43.3 Å². The zero-order chi connectivity index (χ0) is 19.6. The van der Waals surface area contributed by atoms with Crippen molar-refractivity contribution >= 4 is 34.4 Å². The molecule has 0 saturated heterocycles. The van der Waals surface area contributed by atoms with Crippen LogP contribution >= 0.6 is 11.6 Å². The summed E-state index contributed by atoms with van der Waals surface area (Å²) in [6.45, 7) is 1.32. The summed E-state index contributed by atoms with van der Waals surface area (Å²) in [6, 6.07) is 11.2. The highest BCUT2D eigenvalue weighted by atomic mass is 35.5. The van der Waals surface area contributed by atoms with E-state index in [-0.39, 0.29) is 12.3 Å². The van der Waals surface area contributed by atoms with Gasteiger partial charge in [-0.3, -0.25) is 4.79 Å². The molecule has 3 rings (SSSR count). The molecule has 0 radical (unpaired) electrons. The lowest BCUT2D eigenvalue weighted by atomic mass is 10.1. The lowest BCUT2D eigenvalue weighted by Crippen LogP contribution is -2.31. The van der Waals surface area contributed by atoms with Gasteiger partial charge in [-0.1, -0.05) is 29.8 Å². The Morgan fingerprint density at radius 2 is 1.96 bits per heavy atom. The van der Waals surface area contributed by atoms with Crippen molar-refractivity contribution in [1.29, 1.82) is 0 Å². The molecule has 1 heterocycles. The molecule has 0 spiro atoms. The number of aryl methyl sites for hydroxylation is 1. The monoisotopic (exact) mass is 389 g/mol. The Labute approximate surface area is 160 Å². The fourth-order valence-corrected chi connectivity index (χ4v) is 2.83. The SMILES string of the molecule is Cc1c(C(=O)OCC(=O)N(C)Cc2ccccc2F)oc2ccc(Cl)cc12. The Balaban J connectivity index is 1.64. The third-order valence-electron chi connectivity index (χ3n) is 4.20. The van der Waals surface area contributed by atoms with Crippen molar-refractivity contribution in [2.75, 3.05) is 13.7 Å². The largest absolute Gasteiger partial charge is 0.450 e. The molecule has 0 atom stereocenters. The van der Waals surface area contributed by atoms with Crippen molar-refractivity contribution in [3.8, 4) is 0 Å². The van der Waals surface area contributed by atoms with Crippen LogP contribution in [0.2, 0.25) is 5.02 Å². The number of fused-ring (bicyclic) bond motifs is 1. The van der Waals surface area contributed by atoms with Crippen LogP contribution in [-0.2, 0) is 16.1 Å². The number of rotatable bonds is 5. The molecule has 0 saturated carbocycles. The second-order valence-corrected chi connectivity index (χ2v) is 6.55. The van der Waals surface area contributed by atoms with Gasteiger partial charge in [0.15, 0.2) is 6.61 Å². The van der Waals surface area contributed by atoms with Gasteiger partial charge in [0.25, 0.3) is 5.91 Å². The second-order valence-electron chi connectivity index (χ2n) is 6.11. The van der Waals surface area contributed by atoms with Crippen molar-refractivity contribution in [3.05, 3.63) is 70.2 Å². The minimum atomic E-state index is -0.743. The Hall–Kier alpha value is -2.86. The number of hydrogen-bond acceptors (Lipinski definition) is 4. The molecule has 3 aromatic rings. The Morgan fingerprint density at radius 3 is 2.70 bits per heavy atom. The van der Waals surface area contributed by atoms with Crippen molar-refractivity contribution in [2.24, 2.45) is 0 Å². The van der Waals surface area contributed by atoms with Gasteiger partial charge in [-0.05, 0) is 31.2 Å². The molecule has 0 fully saturated rings. The van der Waals surface area contributed by atoms with Crippen molar-refractivity contribution in [1.82, 2.24) is 4.90 Å². The van der Waals surface area contributed by atoms with Crippen LogP contribution in [-0.4, -0.2) is 30.4 Å². The molecule has 0 aliphatic rings. The predicted molar refractivity (Wildman–Crippen MR) is 99.1 cm³/mol. The van der Waals surface area contributed by atoms with Crippen LogP contribution in [0.4, 0.5) is 4.39 Å². The smallest absolute Gasteiger partial charge is 0.375 e.